The number of nitrogens with zero attached hydrogens (tertiary/aromatic N) is 1. The number of ether oxygens (including phenoxy) is 2. The summed E-state index contributed by atoms with van der Waals surface area (Å²) in [6, 6.07) is 9.18. The highest BCUT2D eigenvalue weighted by Gasteiger charge is 2.22. The first-order chi connectivity index (χ1) is 9.79. The molecule has 0 saturated heterocycles. The van der Waals surface area contributed by atoms with Crippen LogP contribution in [0.5, 0.6) is 11.5 Å². The predicted molar refractivity (Wildman–Crippen MR) is 75.3 cm³/mol. The van der Waals surface area contributed by atoms with Gasteiger partial charge in [0, 0.05) is 23.5 Å². The second kappa shape index (κ2) is 5.17. The van der Waals surface area contributed by atoms with E-state index in [0.717, 1.165) is 11.1 Å². The first-order valence-electron chi connectivity index (χ1n) is 6.39. The van der Waals surface area contributed by atoms with E-state index in [1.54, 1.807) is 31.5 Å². The number of hydrogen-bond acceptors (Lipinski definition) is 4. The molecule has 1 aromatic heterocycles. The van der Waals surface area contributed by atoms with Crippen molar-refractivity contribution in [2.45, 2.75) is 6.92 Å². The maximum Gasteiger partial charge on any atom is 0.338 e. The molecule has 4 nitrogen and oxygen atoms in total. The summed E-state index contributed by atoms with van der Waals surface area (Å²) in [7, 11) is 0. The molecule has 0 amide bonds. The lowest BCUT2D eigenvalue weighted by Gasteiger charge is -2.09. The van der Waals surface area contributed by atoms with Gasteiger partial charge in [-0.1, -0.05) is 18.2 Å². The lowest BCUT2D eigenvalue weighted by molar-refractivity contribution is -0.136. The van der Waals surface area contributed by atoms with Gasteiger partial charge < -0.3 is 9.47 Å². The Hall–Kier alpha value is -2.62. The Morgan fingerprint density at radius 3 is 2.95 bits per heavy atom. The number of rotatable bonds is 2. The normalized spacial score (nSPS) is 12.3. The van der Waals surface area contributed by atoms with Crippen LogP contribution in [0.25, 0.3) is 11.6 Å². The van der Waals surface area contributed by atoms with Gasteiger partial charge in [0.05, 0.1) is 12.2 Å². The van der Waals surface area contributed by atoms with E-state index in [0.29, 0.717) is 23.7 Å². The summed E-state index contributed by atoms with van der Waals surface area (Å²) in [6.45, 7) is 2.12. The van der Waals surface area contributed by atoms with Crippen LogP contribution in [-0.2, 0) is 9.53 Å². The lowest BCUT2D eigenvalue weighted by Crippen LogP contribution is -2.06. The molecule has 0 unspecified atom stereocenters. The molecule has 1 aliphatic rings. The fourth-order valence-electron chi connectivity index (χ4n) is 2.10. The van der Waals surface area contributed by atoms with Crippen molar-refractivity contribution in [3.8, 4) is 11.5 Å². The average molecular weight is 267 g/mol. The number of pyridine rings is 1. The molecule has 1 aromatic carbocycles. The third-order valence-electron chi connectivity index (χ3n) is 3.00. The number of aromatic nitrogens is 1. The number of benzene rings is 1. The van der Waals surface area contributed by atoms with E-state index in [4.69, 9.17) is 9.47 Å². The quantitative estimate of drug-likeness (QED) is 0.783. The molecule has 2 aromatic rings. The zero-order valence-electron chi connectivity index (χ0n) is 11.0. The van der Waals surface area contributed by atoms with Crippen molar-refractivity contribution in [1.29, 1.82) is 0 Å². The summed E-state index contributed by atoms with van der Waals surface area (Å²) < 4.78 is 11.0. The summed E-state index contributed by atoms with van der Waals surface area (Å²) in [5, 5.41) is 0. The molecule has 0 aliphatic carbocycles. The minimum absolute atomic E-state index is 0.332. The third-order valence-corrected chi connectivity index (χ3v) is 3.00. The molecular formula is C16H13NO3. The molecule has 2 heterocycles. The Bertz CT molecular complexity index is 692. The van der Waals surface area contributed by atoms with E-state index in [9.17, 15) is 4.79 Å². The molecule has 4 heteroatoms. The van der Waals surface area contributed by atoms with Crippen molar-refractivity contribution in [1.82, 2.24) is 4.98 Å². The van der Waals surface area contributed by atoms with E-state index in [1.807, 2.05) is 24.3 Å². The molecule has 0 saturated carbocycles. The zero-order chi connectivity index (χ0) is 13.9. The van der Waals surface area contributed by atoms with Gasteiger partial charge >= 0.3 is 5.97 Å². The van der Waals surface area contributed by atoms with Crippen LogP contribution in [-0.4, -0.2) is 17.6 Å². The van der Waals surface area contributed by atoms with E-state index in [1.165, 1.54) is 0 Å². The van der Waals surface area contributed by atoms with Crippen LogP contribution >= 0.6 is 0 Å². The Balaban J connectivity index is 2.19. The molecule has 0 radical (unpaired) electrons. The van der Waals surface area contributed by atoms with Crippen LogP contribution in [0.15, 0.2) is 42.7 Å². The fraction of sp³-hybridized carbons (Fsp3) is 0.125. The molecule has 0 bridgehead atoms. The number of fused-ring (bicyclic) bond motifs is 2. The van der Waals surface area contributed by atoms with Gasteiger partial charge in [0.1, 0.15) is 11.5 Å². The van der Waals surface area contributed by atoms with Gasteiger partial charge in [0.15, 0.2) is 0 Å². The molecule has 20 heavy (non-hydrogen) atoms. The van der Waals surface area contributed by atoms with Crippen LogP contribution in [0.1, 0.15) is 18.1 Å². The summed E-state index contributed by atoms with van der Waals surface area (Å²) >= 11 is 0. The van der Waals surface area contributed by atoms with Crippen LogP contribution in [0.4, 0.5) is 0 Å². The minimum Gasteiger partial charge on any atom is -0.462 e. The molecule has 0 spiro atoms. The lowest BCUT2D eigenvalue weighted by atomic mass is 10.0. The summed E-state index contributed by atoms with van der Waals surface area (Å²) in [6.07, 6.45) is 5.08. The summed E-state index contributed by atoms with van der Waals surface area (Å²) in [5.74, 6) is 0.948. The highest BCUT2D eigenvalue weighted by Crippen LogP contribution is 2.37. The van der Waals surface area contributed by atoms with Gasteiger partial charge in [-0.05, 0) is 25.1 Å². The standard InChI is InChI=1S/C16H13NO3/c1-2-19-16(18)13-9-11-10-17-8-7-14(11)20-15-6-4-3-5-12(13)15/h3-10H,2H2,1H3. The van der Waals surface area contributed by atoms with E-state index in [-0.39, 0.29) is 5.97 Å². The maximum atomic E-state index is 12.2. The number of carbonyl (C=O) groups excluding carboxylic acids is 1. The van der Waals surface area contributed by atoms with Gasteiger partial charge in [-0.25, -0.2) is 4.79 Å². The molecule has 3 rings (SSSR count). The van der Waals surface area contributed by atoms with E-state index < -0.39 is 0 Å². The molecule has 100 valence electrons. The zero-order valence-corrected chi connectivity index (χ0v) is 11.0. The number of esters is 1. The van der Waals surface area contributed by atoms with Crippen LogP contribution in [0.3, 0.4) is 0 Å². The smallest absolute Gasteiger partial charge is 0.338 e. The highest BCUT2D eigenvalue weighted by atomic mass is 16.5. The van der Waals surface area contributed by atoms with Gasteiger partial charge in [-0.2, -0.15) is 0 Å². The number of para-hydroxylation sites is 1. The van der Waals surface area contributed by atoms with Crippen molar-refractivity contribution in [3.05, 3.63) is 53.9 Å². The average Bonchev–Trinajstić information content (AvgIpc) is 2.64. The van der Waals surface area contributed by atoms with Crippen molar-refractivity contribution < 1.29 is 14.3 Å². The van der Waals surface area contributed by atoms with Crippen LogP contribution in [0, 0.1) is 0 Å². The monoisotopic (exact) mass is 267 g/mol. The van der Waals surface area contributed by atoms with Gasteiger partial charge in [-0.3, -0.25) is 4.98 Å². The Labute approximate surface area is 116 Å². The molecule has 0 N–H and O–H groups in total. The van der Waals surface area contributed by atoms with Crippen molar-refractivity contribution in [3.63, 3.8) is 0 Å². The largest absolute Gasteiger partial charge is 0.462 e. The topological polar surface area (TPSA) is 48.4 Å². The first-order valence-corrected chi connectivity index (χ1v) is 6.39. The molecule has 1 aliphatic heterocycles. The number of hydrogen-bond donors (Lipinski definition) is 0. The summed E-state index contributed by atoms with van der Waals surface area (Å²) in [4.78, 5) is 16.2. The first kappa shape index (κ1) is 12.4. The molecular weight excluding hydrogens is 254 g/mol. The van der Waals surface area contributed by atoms with E-state index in [2.05, 4.69) is 4.98 Å². The number of carbonyl (C=O) groups is 1. The van der Waals surface area contributed by atoms with Crippen LogP contribution < -0.4 is 4.74 Å². The fourth-order valence-corrected chi connectivity index (χ4v) is 2.10. The minimum atomic E-state index is -0.361. The summed E-state index contributed by atoms with van der Waals surface area (Å²) in [5.41, 5.74) is 1.96. The van der Waals surface area contributed by atoms with Gasteiger partial charge in [-0.15, -0.1) is 0 Å². The predicted octanol–water partition coefficient (Wildman–Crippen LogP) is 3.29. The Morgan fingerprint density at radius 1 is 1.25 bits per heavy atom. The van der Waals surface area contributed by atoms with E-state index >= 15 is 0 Å². The van der Waals surface area contributed by atoms with Crippen LogP contribution in [0.2, 0.25) is 0 Å². The van der Waals surface area contributed by atoms with Gasteiger partial charge in [0.25, 0.3) is 0 Å². The maximum absolute atomic E-state index is 12.2. The van der Waals surface area contributed by atoms with Gasteiger partial charge in [0.2, 0.25) is 0 Å². The molecule has 0 atom stereocenters. The highest BCUT2D eigenvalue weighted by molar-refractivity contribution is 6.22. The molecule has 0 fully saturated rings. The second-order valence-corrected chi connectivity index (χ2v) is 4.29. The second-order valence-electron chi connectivity index (χ2n) is 4.29. The Kier molecular flexibility index (Phi) is 3.21. The van der Waals surface area contributed by atoms with Crippen molar-refractivity contribution in [2.24, 2.45) is 0 Å². The van der Waals surface area contributed by atoms with Crippen molar-refractivity contribution in [2.75, 3.05) is 6.61 Å². The third kappa shape index (κ3) is 2.16. The Morgan fingerprint density at radius 2 is 2.10 bits per heavy atom. The SMILES string of the molecule is CCOC(=O)C1=Cc2cnccc2Oc2ccccc21. The van der Waals surface area contributed by atoms with Crippen molar-refractivity contribution >= 4 is 17.6 Å².